The quantitative estimate of drug-likeness (QED) is 0.886. The molecule has 1 aliphatic heterocycles. The summed E-state index contributed by atoms with van der Waals surface area (Å²) in [6.45, 7) is 0. The van der Waals surface area contributed by atoms with Gasteiger partial charge in [-0.05, 0) is 35.4 Å². The van der Waals surface area contributed by atoms with Crippen molar-refractivity contribution in [1.82, 2.24) is 5.32 Å². The zero-order chi connectivity index (χ0) is 14.8. The molecule has 0 saturated carbocycles. The van der Waals surface area contributed by atoms with E-state index in [0.29, 0.717) is 4.91 Å². The maximum absolute atomic E-state index is 12.9. The van der Waals surface area contributed by atoms with Gasteiger partial charge in [0.15, 0.2) is 0 Å². The molecular formula is C16H10FNO2S. The van der Waals surface area contributed by atoms with Crippen LogP contribution in [0.15, 0.2) is 64.4 Å². The number of carbonyl (C=O) groups is 2. The highest BCUT2D eigenvalue weighted by atomic mass is 32.2. The molecule has 1 N–H and O–H groups in total. The zero-order valence-electron chi connectivity index (χ0n) is 10.8. The summed E-state index contributed by atoms with van der Waals surface area (Å²) in [4.78, 5) is 23.8. The summed E-state index contributed by atoms with van der Waals surface area (Å²) in [5, 5.41) is 2.21. The number of imide groups is 1. The molecule has 0 atom stereocenters. The van der Waals surface area contributed by atoms with Gasteiger partial charge < -0.3 is 0 Å². The van der Waals surface area contributed by atoms with E-state index >= 15 is 0 Å². The summed E-state index contributed by atoms with van der Waals surface area (Å²) in [7, 11) is 0. The van der Waals surface area contributed by atoms with Crippen molar-refractivity contribution in [2.75, 3.05) is 0 Å². The maximum Gasteiger partial charge on any atom is 0.265 e. The molecule has 2 aromatic rings. The second-order valence-corrected chi connectivity index (χ2v) is 5.58. The lowest BCUT2D eigenvalue weighted by atomic mass is 10.1. The number of nitrogens with one attached hydrogen (secondary N) is 1. The summed E-state index contributed by atoms with van der Waals surface area (Å²) in [6, 6.07) is 13.7. The maximum atomic E-state index is 12.9. The molecule has 2 aromatic carbocycles. The van der Waals surface area contributed by atoms with Crippen molar-refractivity contribution in [3.05, 3.63) is 65.3 Å². The van der Waals surface area contributed by atoms with Crippen LogP contribution in [0.5, 0.6) is 0 Å². The second-order valence-electron chi connectivity index (χ2n) is 4.46. The Hall–Kier alpha value is -2.40. The van der Waals surface area contributed by atoms with Gasteiger partial charge >= 0.3 is 0 Å². The lowest BCUT2D eigenvalue weighted by molar-refractivity contribution is -0.123. The molecule has 0 unspecified atom stereocenters. The molecule has 0 aliphatic carbocycles. The van der Waals surface area contributed by atoms with Crippen LogP contribution < -0.4 is 5.32 Å². The highest BCUT2D eigenvalue weighted by Gasteiger charge is 2.21. The Labute approximate surface area is 124 Å². The van der Waals surface area contributed by atoms with E-state index in [1.807, 2.05) is 24.3 Å². The summed E-state index contributed by atoms with van der Waals surface area (Å²) in [5.74, 6) is -1.05. The van der Waals surface area contributed by atoms with E-state index < -0.39 is 5.91 Å². The largest absolute Gasteiger partial charge is 0.288 e. The monoisotopic (exact) mass is 299 g/mol. The van der Waals surface area contributed by atoms with Crippen molar-refractivity contribution in [3.8, 4) is 11.1 Å². The molecule has 0 fully saturated rings. The van der Waals surface area contributed by atoms with Crippen LogP contribution in [0.4, 0.5) is 4.39 Å². The van der Waals surface area contributed by atoms with Gasteiger partial charge in [-0.2, -0.15) is 0 Å². The zero-order valence-corrected chi connectivity index (χ0v) is 11.6. The van der Waals surface area contributed by atoms with Gasteiger partial charge in [0.05, 0.1) is 4.91 Å². The Bertz CT molecular complexity index is 753. The van der Waals surface area contributed by atoms with Crippen molar-refractivity contribution in [2.24, 2.45) is 0 Å². The molecule has 3 nitrogen and oxygen atoms in total. The number of benzene rings is 2. The van der Waals surface area contributed by atoms with E-state index in [4.69, 9.17) is 0 Å². The number of halogens is 1. The molecule has 0 radical (unpaired) electrons. The number of hydrogen-bond acceptors (Lipinski definition) is 3. The van der Waals surface area contributed by atoms with Crippen LogP contribution in [0.25, 0.3) is 11.1 Å². The van der Waals surface area contributed by atoms with Gasteiger partial charge in [0.2, 0.25) is 0 Å². The molecule has 0 bridgehead atoms. The average Bonchev–Trinajstić information content (AvgIpc) is 2.78. The topological polar surface area (TPSA) is 46.2 Å². The minimum absolute atomic E-state index is 0.282. The molecule has 0 spiro atoms. The summed E-state index contributed by atoms with van der Waals surface area (Å²) < 4.78 is 12.9. The summed E-state index contributed by atoms with van der Waals surface area (Å²) in [5.41, 5.74) is 1.81. The number of hydrogen-bond donors (Lipinski definition) is 1. The smallest absolute Gasteiger partial charge is 0.265 e. The summed E-state index contributed by atoms with van der Waals surface area (Å²) >= 11 is 1.23. The highest BCUT2D eigenvalue weighted by molar-refractivity contribution is 8.04. The third-order valence-corrected chi connectivity index (χ3v) is 3.97. The van der Waals surface area contributed by atoms with Crippen LogP contribution in [-0.4, -0.2) is 11.8 Å². The fraction of sp³-hybridized carbons (Fsp3) is 0. The standard InChI is InChI=1S/C16H10FNO2S/c17-12-6-4-10(5-7-12)11-2-1-3-13(8-11)21-14-9-15(19)18-16(14)20/h1-9H,(H,18,19,20). The van der Waals surface area contributed by atoms with Crippen LogP contribution in [0.3, 0.4) is 0 Å². The number of rotatable bonds is 3. The third-order valence-electron chi connectivity index (χ3n) is 2.96. The van der Waals surface area contributed by atoms with Gasteiger partial charge in [0.1, 0.15) is 5.82 Å². The Balaban J connectivity index is 1.87. The molecule has 104 valence electrons. The third kappa shape index (κ3) is 3.03. The molecule has 0 saturated heterocycles. The molecule has 5 heteroatoms. The van der Waals surface area contributed by atoms with Crippen LogP contribution in [0.2, 0.25) is 0 Å². The van der Waals surface area contributed by atoms with Gasteiger partial charge in [0, 0.05) is 11.0 Å². The number of amides is 2. The lowest BCUT2D eigenvalue weighted by Crippen LogP contribution is -2.21. The minimum Gasteiger partial charge on any atom is -0.288 e. The van der Waals surface area contributed by atoms with E-state index in [1.54, 1.807) is 12.1 Å². The first-order chi connectivity index (χ1) is 10.1. The Morgan fingerprint density at radius 2 is 1.71 bits per heavy atom. The van der Waals surface area contributed by atoms with Crippen molar-refractivity contribution < 1.29 is 14.0 Å². The average molecular weight is 299 g/mol. The Morgan fingerprint density at radius 3 is 2.38 bits per heavy atom. The molecule has 2 amide bonds. The van der Waals surface area contributed by atoms with Crippen LogP contribution in [0, 0.1) is 5.82 Å². The van der Waals surface area contributed by atoms with E-state index in [9.17, 15) is 14.0 Å². The fourth-order valence-corrected chi connectivity index (χ4v) is 2.87. The summed E-state index contributed by atoms with van der Waals surface area (Å²) in [6.07, 6.45) is 1.29. The first kappa shape index (κ1) is 13.6. The van der Waals surface area contributed by atoms with E-state index in [-0.39, 0.29) is 11.7 Å². The van der Waals surface area contributed by atoms with Crippen LogP contribution in [0.1, 0.15) is 0 Å². The fourth-order valence-electron chi connectivity index (χ4n) is 1.98. The SMILES string of the molecule is O=C1C=C(Sc2cccc(-c3ccc(F)cc3)c2)C(=O)N1. The molecular weight excluding hydrogens is 289 g/mol. The van der Waals surface area contributed by atoms with Crippen molar-refractivity contribution in [2.45, 2.75) is 4.90 Å². The van der Waals surface area contributed by atoms with Crippen LogP contribution in [-0.2, 0) is 9.59 Å². The van der Waals surface area contributed by atoms with Gasteiger partial charge in [-0.25, -0.2) is 4.39 Å². The number of carbonyl (C=O) groups excluding carboxylic acids is 2. The minimum atomic E-state index is -0.391. The first-order valence-electron chi connectivity index (χ1n) is 6.23. The van der Waals surface area contributed by atoms with E-state index in [0.717, 1.165) is 16.0 Å². The van der Waals surface area contributed by atoms with Gasteiger partial charge in [0.25, 0.3) is 11.8 Å². The molecule has 1 heterocycles. The first-order valence-corrected chi connectivity index (χ1v) is 7.04. The van der Waals surface area contributed by atoms with Crippen molar-refractivity contribution >= 4 is 23.6 Å². The van der Waals surface area contributed by atoms with Gasteiger partial charge in [-0.3, -0.25) is 14.9 Å². The predicted molar refractivity (Wildman–Crippen MR) is 78.9 cm³/mol. The Kier molecular flexibility index (Phi) is 3.58. The lowest BCUT2D eigenvalue weighted by Gasteiger charge is -2.05. The second kappa shape index (κ2) is 5.54. The normalized spacial score (nSPS) is 14.0. The van der Waals surface area contributed by atoms with Gasteiger partial charge in [-0.1, -0.05) is 36.0 Å². The van der Waals surface area contributed by atoms with Crippen molar-refractivity contribution in [3.63, 3.8) is 0 Å². The number of thioether (sulfide) groups is 1. The molecule has 3 rings (SSSR count). The highest BCUT2D eigenvalue weighted by Crippen LogP contribution is 2.31. The van der Waals surface area contributed by atoms with Crippen molar-refractivity contribution in [1.29, 1.82) is 0 Å². The molecule has 21 heavy (non-hydrogen) atoms. The predicted octanol–water partition coefficient (Wildman–Crippen LogP) is 3.13. The van der Waals surface area contributed by atoms with E-state index in [2.05, 4.69) is 5.32 Å². The van der Waals surface area contributed by atoms with Crippen LogP contribution >= 0.6 is 11.8 Å². The van der Waals surface area contributed by atoms with E-state index in [1.165, 1.54) is 30.0 Å². The Morgan fingerprint density at radius 1 is 0.952 bits per heavy atom. The van der Waals surface area contributed by atoms with Gasteiger partial charge in [-0.15, -0.1) is 0 Å². The molecule has 0 aromatic heterocycles. The molecule has 1 aliphatic rings.